The third-order valence-corrected chi connectivity index (χ3v) is 2.92. The molecule has 6 nitrogen and oxygen atoms in total. The van der Waals surface area contributed by atoms with Gasteiger partial charge in [0.15, 0.2) is 0 Å². The zero-order valence-corrected chi connectivity index (χ0v) is 9.54. The molecule has 0 saturated carbocycles. The lowest BCUT2D eigenvalue weighted by molar-refractivity contribution is -0.150. The van der Waals surface area contributed by atoms with E-state index in [4.69, 9.17) is 0 Å². The highest BCUT2D eigenvalue weighted by Gasteiger charge is 2.40. The van der Waals surface area contributed by atoms with Gasteiger partial charge in [-0.2, -0.15) is 5.10 Å². The molecule has 1 aliphatic rings. The van der Waals surface area contributed by atoms with E-state index in [2.05, 4.69) is 5.10 Å². The highest BCUT2D eigenvalue weighted by Crippen LogP contribution is 2.21. The van der Waals surface area contributed by atoms with Gasteiger partial charge in [0.25, 0.3) is 0 Å². The van der Waals surface area contributed by atoms with Crippen LogP contribution in [0.2, 0.25) is 0 Å². The Labute approximate surface area is 93.4 Å². The van der Waals surface area contributed by atoms with Crippen molar-refractivity contribution in [3.05, 3.63) is 12.4 Å². The van der Waals surface area contributed by atoms with Gasteiger partial charge in [-0.15, -0.1) is 0 Å². The summed E-state index contributed by atoms with van der Waals surface area (Å²) in [4.78, 5) is 26.0. The molecule has 1 fully saturated rings. The van der Waals surface area contributed by atoms with Crippen LogP contribution in [0.1, 0.15) is 6.42 Å². The summed E-state index contributed by atoms with van der Waals surface area (Å²) in [6.07, 6.45) is 3.69. The van der Waals surface area contributed by atoms with Gasteiger partial charge in [0.1, 0.15) is 6.04 Å². The smallest absolute Gasteiger partial charge is 0.250 e. The van der Waals surface area contributed by atoms with Gasteiger partial charge in [-0.3, -0.25) is 14.3 Å². The molecule has 1 unspecified atom stereocenters. The van der Waals surface area contributed by atoms with Gasteiger partial charge in [0, 0.05) is 27.3 Å². The molecule has 0 N–H and O–H groups in total. The van der Waals surface area contributed by atoms with Gasteiger partial charge >= 0.3 is 0 Å². The number of hydrogen-bond acceptors (Lipinski definition) is 3. The first-order chi connectivity index (χ1) is 7.50. The van der Waals surface area contributed by atoms with Crippen molar-refractivity contribution in [3.63, 3.8) is 0 Å². The lowest BCUT2D eigenvalue weighted by atomic mass is 10.0. The van der Waals surface area contributed by atoms with Gasteiger partial charge in [0.05, 0.1) is 18.3 Å². The normalized spacial score (nSPS) is 19.6. The maximum atomic E-state index is 12.0. The molecule has 16 heavy (non-hydrogen) atoms. The van der Waals surface area contributed by atoms with E-state index in [1.165, 1.54) is 9.80 Å². The second-order valence-corrected chi connectivity index (χ2v) is 3.99. The monoisotopic (exact) mass is 222 g/mol. The number of likely N-dealkylation sites (tertiary alicyclic amines) is 1. The summed E-state index contributed by atoms with van der Waals surface area (Å²) in [6, 6.07) is -0.322. The Morgan fingerprint density at radius 2 is 2.25 bits per heavy atom. The molecule has 0 spiro atoms. The molecule has 1 aromatic rings. The second kappa shape index (κ2) is 3.62. The molecule has 6 heteroatoms. The molecule has 1 aliphatic heterocycles. The fourth-order valence-corrected chi connectivity index (χ4v) is 1.69. The quantitative estimate of drug-likeness (QED) is 0.640. The van der Waals surface area contributed by atoms with Crippen molar-refractivity contribution in [1.29, 1.82) is 0 Å². The number of nitrogens with zero attached hydrogens (tertiary/aromatic N) is 4. The van der Waals surface area contributed by atoms with Crippen LogP contribution >= 0.6 is 0 Å². The molecular weight excluding hydrogens is 208 g/mol. The first-order valence-corrected chi connectivity index (χ1v) is 5.02. The second-order valence-electron chi connectivity index (χ2n) is 3.99. The number of hydrogen-bond donors (Lipinski definition) is 0. The van der Waals surface area contributed by atoms with E-state index in [-0.39, 0.29) is 17.9 Å². The fraction of sp³-hybridized carbons (Fsp3) is 0.500. The Hall–Kier alpha value is -1.85. The zero-order chi connectivity index (χ0) is 11.9. The maximum Gasteiger partial charge on any atom is 0.250 e. The van der Waals surface area contributed by atoms with Crippen molar-refractivity contribution in [2.75, 3.05) is 19.0 Å². The Morgan fingerprint density at radius 3 is 2.69 bits per heavy atom. The number of amides is 2. The molecule has 2 heterocycles. The summed E-state index contributed by atoms with van der Waals surface area (Å²) in [7, 11) is 5.13. The SMILES string of the molecule is CN(C(=O)C1CC(=O)N1C)c1cnn(C)c1. The summed E-state index contributed by atoms with van der Waals surface area (Å²) in [5.41, 5.74) is 0.736. The molecule has 2 rings (SSSR count). The van der Waals surface area contributed by atoms with Crippen molar-refractivity contribution in [1.82, 2.24) is 14.7 Å². The third-order valence-electron chi connectivity index (χ3n) is 2.92. The van der Waals surface area contributed by atoms with E-state index in [1.54, 1.807) is 38.2 Å². The average Bonchev–Trinajstić information content (AvgIpc) is 2.70. The lowest BCUT2D eigenvalue weighted by Gasteiger charge is -2.37. The van der Waals surface area contributed by atoms with Gasteiger partial charge in [-0.05, 0) is 0 Å². The van der Waals surface area contributed by atoms with Gasteiger partial charge < -0.3 is 9.80 Å². The van der Waals surface area contributed by atoms with Crippen LogP contribution in [0.15, 0.2) is 12.4 Å². The summed E-state index contributed by atoms with van der Waals surface area (Å²) < 4.78 is 1.63. The average molecular weight is 222 g/mol. The van der Waals surface area contributed by atoms with E-state index in [1.807, 2.05) is 0 Å². The summed E-state index contributed by atoms with van der Waals surface area (Å²) in [5.74, 6) is -0.0620. The highest BCUT2D eigenvalue weighted by molar-refractivity contribution is 6.04. The van der Waals surface area contributed by atoms with Crippen molar-refractivity contribution in [3.8, 4) is 0 Å². The topological polar surface area (TPSA) is 58.4 Å². The van der Waals surface area contributed by atoms with E-state index < -0.39 is 0 Å². The summed E-state index contributed by atoms with van der Waals surface area (Å²) in [5, 5.41) is 4.00. The zero-order valence-electron chi connectivity index (χ0n) is 9.54. The molecule has 0 radical (unpaired) electrons. The number of anilines is 1. The largest absolute Gasteiger partial charge is 0.333 e. The minimum Gasteiger partial charge on any atom is -0.333 e. The fourth-order valence-electron chi connectivity index (χ4n) is 1.69. The van der Waals surface area contributed by atoms with E-state index in [0.29, 0.717) is 6.42 Å². The Balaban J connectivity index is 2.08. The molecule has 1 saturated heterocycles. The van der Waals surface area contributed by atoms with Crippen LogP contribution in [0, 0.1) is 0 Å². The first kappa shape index (κ1) is 10.7. The molecule has 0 aromatic carbocycles. The number of carbonyl (C=O) groups excluding carboxylic acids is 2. The number of rotatable bonds is 2. The standard InChI is InChI=1S/C10H14N4O2/c1-12-6-7(5-11-12)13(2)10(16)8-4-9(15)14(8)3/h5-6,8H,4H2,1-3H3. The molecule has 2 amide bonds. The molecule has 0 bridgehead atoms. The minimum absolute atomic E-state index is 0.0120. The number of likely N-dealkylation sites (N-methyl/N-ethyl adjacent to an activating group) is 2. The Bertz CT molecular complexity index is 440. The number of carbonyl (C=O) groups is 2. The lowest BCUT2D eigenvalue weighted by Crippen LogP contribution is -2.57. The van der Waals surface area contributed by atoms with Gasteiger partial charge in [-0.1, -0.05) is 0 Å². The first-order valence-electron chi connectivity index (χ1n) is 5.02. The number of aryl methyl sites for hydroxylation is 1. The van der Waals surface area contributed by atoms with E-state index >= 15 is 0 Å². The Kier molecular flexibility index (Phi) is 2.41. The minimum atomic E-state index is -0.322. The van der Waals surface area contributed by atoms with E-state index in [9.17, 15) is 9.59 Å². The summed E-state index contributed by atoms with van der Waals surface area (Å²) in [6.45, 7) is 0. The maximum absolute atomic E-state index is 12.0. The number of aromatic nitrogens is 2. The third kappa shape index (κ3) is 1.56. The number of β-lactam (4-membered cyclic amide) rings is 1. The highest BCUT2D eigenvalue weighted by atomic mass is 16.2. The Morgan fingerprint density at radius 1 is 1.56 bits per heavy atom. The van der Waals surface area contributed by atoms with Crippen LogP contribution in [0.5, 0.6) is 0 Å². The van der Waals surface area contributed by atoms with Crippen LogP contribution in [0.3, 0.4) is 0 Å². The van der Waals surface area contributed by atoms with E-state index in [0.717, 1.165) is 5.69 Å². The van der Waals surface area contributed by atoms with Crippen LogP contribution in [-0.2, 0) is 16.6 Å². The molecular formula is C10H14N4O2. The molecule has 1 atom stereocenters. The van der Waals surface area contributed by atoms with Crippen LogP contribution in [-0.4, -0.2) is 46.6 Å². The molecule has 86 valence electrons. The van der Waals surface area contributed by atoms with Crippen molar-refractivity contribution >= 4 is 17.5 Å². The van der Waals surface area contributed by atoms with Crippen molar-refractivity contribution in [2.24, 2.45) is 7.05 Å². The van der Waals surface area contributed by atoms with Crippen LogP contribution < -0.4 is 4.90 Å². The van der Waals surface area contributed by atoms with Gasteiger partial charge in [-0.25, -0.2) is 0 Å². The molecule has 0 aliphatic carbocycles. The van der Waals surface area contributed by atoms with Gasteiger partial charge in [0.2, 0.25) is 11.8 Å². The molecule has 1 aromatic heterocycles. The van der Waals surface area contributed by atoms with Crippen LogP contribution in [0.25, 0.3) is 0 Å². The van der Waals surface area contributed by atoms with Crippen molar-refractivity contribution < 1.29 is 9.59 Å². The summed E-state index contributed by atoms with van der Waals surface area (Å²) >= 11 is 0. The van der Waals surface area contributed by atoms with Crippen molar-refractivity contribution in [2.45, 2.75) is 12.5 Å². The predicted octanol–water partition coefficient (Wildman–Crippen LogP) is -0.386. The predicted molar refractivity (Wildman–Crippen MR) is 57.8 cm³/mol. The van der Waals surface area contributed by atoms with Crippen LogP contribution in [0.4, 0.5) is 5.69 Å².